The predicted octanol–water partition coefficient (Wildman–Crippen LogP) is 2.80. The molecule has 1 aromatic heterocycles. The van der Waals surface area contributed by atoms with Crippen LogP contribution in [0.15, 0.2) is 30.5 Å². The van der Waals surface area contributed by atoms with Crippen molar-refractivity contribution in [1.82, 2.24) is 9.78 Å². The molecule has 0 aliphatic carbocycles. The Morgan fingerprint density at radius 3 is 2.56 bits per heavy atom. The molecule has 2 aromatic rings. The summed E-state index contributed by atoms with van der Waals surface area (Å²) >= 11 is 0. The second kappa shape index (κ2) is 5.08. The zero-order chi connectivity index (χ0) is 13.1. The third-order valence-electron chi connectivity index (χ3n) is 2.57. The van der Waals surface area contributed by atoms with Crippen LogP contribution in [0.1, 0.15) is 29.4 Å². The van der Waals surface area contributed by atoms with E-state index in [0.29, 0.717) is 6.54 Å². The van der Waals surface area contributed by atoms with Crippen molar-refractivity contribution in [1.29, 1.82) is 0 Å². The second-order valence-electron chi connectivity index (χ2n) is 3.87. The number of hydrogen-bond acceptors (Lipinski definition) is 2. The van der Waals surface area contributed by atoms with Gasteiger partial charge in [0.25, 0.3) is 0 Å². The van der Waals surface area contributed by atoms with Crippen molar-refractivity contribution in [2.45, 2.75) is 19.9 Å². The molecular weight excluding hydrogens is 238 g/mol. The van der Waals surface area contributed by atoms with Crippen LogP contribution in [0.2, 0.25) is 0 Å². The van der Waals surface area contributed by atoms with Gasteiger partial charge in [0, 0.05) is 12.7 Å². The molecule has 0 amide bonds. The van der Waals surface area contributed by atoms with E-state index in [4.69, 9.17) is 0 Å². The predicted molar refractivity (Wildman–Crippen MR) is 62.3 cm³/mol. The van der Waals surface area contributed by atoms with Crippen LogP contribution in [0, 0.1) is 11.6 Å². The maximum absolute atomic E-state index is 13.5. The molecule has 0 radical (unpaired) electrons. The fourth-order valence-electron chi connectivity index (χ4n) is 1.76. The van der Waals surface area contributed by atoms with E-state index >= 15 is 0 Å². The summed E-state index contributed by atoms with van der Waals surface area (Å²) in [7, 11) is 0. The number of carbonyl (C=O) groups is 1. The fourth-order valence-corrected chi connectivity index (χ4v) is 1.76. The van der Waals surface area contributed by atoms with Crippen molar-refractivity contribution in [3.05, 3.63) is 53.4 Å². The monoisotopic (exact) mass is 250 g/mol. The summed E-state index contributed by atoms with van der Waals surface area (Å²) in [4.78, 5) is 12.1. The van der Waals surface area contributed by atoms with E-state index in [1.54, 1.807) is 0 Å². The molecule has 2 rings (SSSR count). The molecule has 0 N–H and O–H groups in total. The fraction of sp³-hybridized carbons (Fsp3) is 0.231. The first kappa shape index (κ1) is 12.4. The van der Waals surface area contributed by atoms with Crippen molar-refractivity contribution in [2.24, 2.45) is 0 Å². The van der Waals surface area contributed by atoms with Gasteiger partial charge in [0.1, 0.15) is 17.3 Å². The third kappa shape index (κ3) is 2.16. The Morgan fingerprint density at radius 1 is 1.28 bits per heavy atom. The molecule has 0 spiro atoms. The van der Waals surface area contributed by atoms with Gasteiger partial charge in [-0.25, -0.2) is 8.78 Å². The van der Waals surface area contributed by atoms with Gasteiger partial charge in [-0.2, -0.15) is 5.10 Å². The maximum Gasteiger partial charge on any atom is 0.216 e. The van der Waals surface area contributed by atoms with Gasteiger partial charge in [-0.1, -0.05) is 13.0 Å². The van der Waals surface area contributed by atoms with Crippen molar-refractivity contribution in [2.75, 3.05) is 0 Å². The van der Waals surface area contributed by atoms with Crippen molar-refractivity contribution in [3.8, 4) is 0 Å². The highest BCUT2D eigenvalue weighted by atomic mass is 19.1. The quantitative estimate of drug-likeness (QED) is 0.782. The number of carbonyl (C=O) groups excluding carboxylic acids is 1. The van der Waals surface area contributed by atoms with Gasteiger partial charge in [0.2, 0.25) is 5.78 Å². The molecule has 0 unspecified atom stereocenters. The molecule has 18 heavy (non-hydrogen) atoms. The van der Waals surface area contributed by atoms with Crippen LogP contribution in [0.25, 0.3) is 0 Å². The highest BCUT2D eigenvalue weighted by Gasteiger charge is 2.21. The first-order chi connectivity index (χ1) is 8.65. The van der Waals surface area contributed by atoms with Gasteiger partial charge in [0.05, 0.1) is 5.56 Å². The standard InChI is InChI=1S/C13H12F2N2O/c1-2-8-17-11(6-7-16-17)13(18)12-9(14)4-3-5-10(12)15/h3-7H,2,8H2,1H3. The third-order valence-corrected chi connectivity index (χ3v) is 2.57. The van der Waals surface area contributed by atoms with E-state index in [9.17, 15) is 13.6 Å². The molecule has 1 heterocycles. The minimum absolute atomic E-state index is 0.195. The van der Waals surface area contributed by atoms with E-state index in [-0.39, 0.29) is 5.69 Å². The number of aromatic nitrogens is 2. The van der Waals surface area contributed by atoms with Crippen molar-refractivity contribution >= 4 is 5.78 Å². The summed E-state index contributed by atoms with van der Waals surface area (Å²) in [6, 6.07) is 4.82. The van der Waals surface area contributed by atoms with Crippen LogP contribution >= 0.6 is 0 Å². The van der Waals surface area contributed by atoms with Gasteiger partial charge in [-0.05, 0) is 24.6 Å². The van der Waals surface area contributed by atoms with Gasteiger partial charge in [0.15, 0.2) is 0 Å². The summed E-state index contributed by atoms with van der Waals surface area (Å²) in [5.74, 6) is -2.40. The minimum Gasteiger partial charge on any atom is -0.287 e. The summed E-state index contributed by atoms with van der Waals surface area (Å²) < 4.78 is 28.5. The molecule has 0 fully saturated rings. The van der Waals surface area contributed by atoms with E-state index in [1.807, 2.05) is 6.92 Å². The summed E-state index contributed by atoms with van der Waals surface area (Å²) in [5, 5.41) is 3.96. The first-order valence-electron chi connectivity index (χ1n) is 5.65. The van der Waals surface area contributed by atoms with E-state index in [2.05, 4.69) is 5.10 Å². The van der Waals surface area contributed by atoms with Crippen LogP contribution in [0.5, 0.6) is 0 Å². The van der Waals surface area contributed by atoms with Gasteiger partial charge in [-0.3, -0.25) is 9.48 Å². The molecule has 0 bridgehead atoms. The summed E-state index contributed by atoms with van der Waals surface area (Å²) in [6.07, 6.45) is 2.23. The average molecular weight is 250 g/mol. The molecule has 0 aliphatic heterocycles. The highest BCUT2D eigenvalue weighted by molar-refractivity contribution is 6.08. The Balaban J connectivity index is 2.45. The Hall–Kier alpha value is -2.04. The largest absolute Gasteiger partial charge is 0.287 e. The van der Waals surface area contributed by atoms with Crippen LogP contribution < -0.4 is 0 Å². The zero-order valence-corrected chi connectivity index (χ0v) is 9.86. The first-order valence-corrected chi connectivity index (χ1v) is 5.65. The van der Waals surface area contributed by atoms with Crippen LogP contribution in [-0.2, 0) is 6.54 Å². The van der Waals surface area contributed by atoms with Crippen molar-refractivity contribution in [3.63, 3.8) is 0 Å². The Bertz CT molecular complexity index is 558. The molecule has 3 nitrogen and oxygen atoms in total. The zero-order valence-electron chi connectivity index (χ0n) is 9.86. The lowest BCUT2D eigenvalue weighted by atomic mass is 10.1. The summed E-state index contributed by atoms with van der Waals surface area (Å²) in [6.45, 7) is 2.46. The molecule has 5 heteroatoms. The lowest BCUT2D eigenvalue weighted by Gasteiger charge is -2.06. The number of rotatable bonds is 4. The molecule has 1 aromatic carbocycles. The van der Waals surface area contributed by atoms with E-state index in [1.165, 1.54) is 23.0 Å². The van der Waals surface area contributed by atoms with Crippen LogP contribution in [-0.4, -0.2) is 15.6 Å². The maximum atomic E-state index is 13.5. The van der Waals surface area contributed by atoms with E-state index < -0.39 is 23.0 Å². The molecule has 0 aliphatic rings. The molecule has 0 saturated carbocycles. The number of aryl methyl sites for hydroxylation is 1. The smallest absolute Gasteiger partial charge is 0.216 e. The van der Waals surface area contributed by atoms with Gasteiger partial charge < -0.3 is 0 Å². The van der Waals surface area contributed by atoms with E-state index in [0.717, 1.165) is 18.6 Å². The van der Waals surface area contributed by atoms with Crippen LogP contribution in [0.3, 0.4) is 0 Å². The highest BCUT2D eigenvalue weighted by Crippen LogP contribution is 2.17. The van der Waals surface area contributed by atoms with Gasteiger partial charge >= 0.3 is 0 Å². The molecule has 0 atom stereocenters. The Kier molecular flexibility index (Phi) is 3.50. The normalized spacial score (nSPS) is 10.6. The minimum atomic E-state index is -0.857. The topological polar surface area (TPSA) is 34.9 Å². The number of hydrogen-bond donors (Lipinski definition) is 0. The number of halogens is 2. The average Bonchev–Trinajstić information content (AvgIpc) is 2.77. The number of benzene rings is 1. The van der Waals surface area contributed by atoms with Crippen molar-refractivity contribution < 1.29 is 13.6 Å². The Morgan fingerprint density at radius 2 is 1.94 bits per heavy atom. The lowest BCUT2D eigenvalue weighted by Crippen LogP contribution is -2.14. The van der Waals surface area contributed by atoms with Gasteiger partial charge in [-0.15, -0.1) is 0 Å². The Labute approximate surface area is 103 Å². The number of nitrogens with zero attached hydrogens (tertiary/aromatic N) is 2. The number of ketones is 1. The summed E-state index contributed by atoms with van der Waals surface area (Å²) in [5.41, 5.74) is -0.337. The lowest BCUT2D eigenvalue weighted by molar-refractivity contribution is 0.102. The van der Waals surface area contributed by atoms with Crippen LogP contribution in [0.4, 0.5) is 8.78 Å². The molecule has 0 saturated heterocycles. The molecular formula is C13H12F2N2O. The second-order valence-corrected chi connectivity index (χ2v) is 3.87. The molecule has 94 valence electrons. The SMILES string of the molecule is CCCn1nccc1C(=O)c1c(F)cccc1F.